The number of rotatable bonds is 7. The van der Waals surface area contributed by atoms with E-state index in [-0.39, 0.29) is 30.9 Å². The van der Waals surface area contributed by atoms with Gasteiger partial charge in [0.15, 0.2) is 5.96 Å². The van der Waals surface area contributed by atoms with E-state index in [1.807, 2.05) is 38.1 Å². The van der Waals surface area contributed by atoms with Crippen LogP contribution in [-0.2, 0) is 11.3 Å². The van der Waals surface area contributed by atoms with Crippen molar-refractivity contribution < 1.29 is 19.0 Å². The highest BCUT2D eigenvalue weighted by atomic mass is 19.1. The Morgan fingerprint density at radius 2 is 2.06 bits per heavy atom. The quantitative estimate of drug-likeness (QED) is 0.556. The summed E-state index contributed by atoms with van der Waals surface area (Å²) < 4.78 is 20.1. The highest BCUT2D eigenvalue weighted by molar-refractivity contribution is 5.99. The summed E-state index contributed by atoms with van der Waals surface area (Å²) in [5.41, 5.74) is 7.54. The molecule has 176 valence electrons. The minimum absolute atomic E-state index is 0.0925. The molecule has 1 amide bonds. The second-order valence-electron chi connectivity index (χ2n) is 8.75. The first-order valence-electron chi connectivity index (χ1n) is 11.4. The van der Waals surface area contributed by atoms with Crippen molar-refractivity contribution in [3.8, 4) is 5.75 Å². The molecule has 2 aliphatic heterocycles. The van der Waals surface area contributed by atoms with Crippen molar-refractivity contribution in [1.29, 1.82) is 0 Å². The van der Waals surface area contributed by atoms with Gasteiger partial charge in [0.1, 0.15) is 17.8 Å². The van der Waals surface area contributed by atoms with Crippen molar-refractivity contribution in [3.05, 3.63) is 65.0 Å². The number of nitrogens with two attached hydrogens (primary N) is 1. The molecule has 1 unspecified atom stereocenters. The second kappa shape index (κ2) is 9.49. The number of carbonyl (C=O) groups excluding carboxylic acids is 1. The molecule has 0 radical (unpaired) electrons. The number of para-hydroxylation sites is 1. The monoisotopic (exact) mass is 454 g/mol. The van der Waals surface area contributed by atoms with E-state index in [9.17, 15) is 14.3 Å². The molecule has 2 aromatic rings. The average Bonchev–Trinajstić information content (AvgIpc) is 2.81. The summed E-state index contributed by atoms with van der Waals surface area (Å²) in [5, 5.41) is 14.0. The predicted molar refractivity (Wildman–Crippen MR) is 124 cm³/mol. The zero-order valence-electron chi connectivity index (χ0n) is 19.1. The van der Waals surface area contributed by atoms with E-state index < -0.39 is 17.6 Å². The Morgan fingerprint density at radius 3 is 2.79 bits per heavy atom. The van der Waals surface area contributed by atoms with Gasteiger partial charge in [0.05, 0.1) is 25.1 Å². The summed E-state index contributed by atoms with van der Waals surface area (Å²) >= 11 is 0. The molecule has 0 bridgehead atoms. The Hall–Kier alpha value is -2.97. The third kappa shape index (κ3) is 4.86. The molecule has 0 saturated heterocycles. The molecule has 2 atom stereocenters. The van der Waals surface area contributed by atoms with E-state index in [0.717, 1.165) is 24.2 Å². The van der Waals surface area contributed by atoms with Crippen molar-refractivity contribution in [2.45, 2.75) is 63.9 Å². The van der Waals surface area contributed by atoms with Crippen LogP contribution in [0.4, 0.5) is 4.39 Å². The number of nitrogens with zero attached hydrogens (tertiary/aromatic N) is 2. The lowest BCUT2D eigenvalue weighted by atomic mass is 9.88. The molecular weight excluding hydrogens is 423 g/mol. The Bertz CT molecular complexity index is 1050. The number of amides is 1. The number of hydrogen-bond donors (Lipinski definition) is 3. The molecule has 0 aliphatic carbocycles. The molecule has 2 aliphatic rings. The van der Waals surface area contributed by atoms with Gasteiger partial charge in [0, 0.05) is 18.0 Å². The fraction of sp³-hybridized carbons (Fsp3) is 0.440. The number of halogens is 1. The minimum Gasteiger partial charge on any atom is -0.493 e. The fourth-order valence-electron chi connectivity index (χ4n) is 4.58. The van der Waals surface area contributed by atoms with Crippen LogP contribution >= 0.6 is 0 Å². The van der Waals surface area contributed by atoms with Gasteiger partial charge >= 0.3 is 0 Å². The lowest BCUT2D eigenvalue weighted by Gasteiger charge is -2.36. The number of aliphatic hydroxyl groups is 1. The molecule has 7 nitrogen and oxygen atoms in total. The molecule has 0 aromatic heterocycles. The number of aliphatic hydroxyl groups excluding tert-OH is 1. The number of nitrogens with one attached hydrogen (secondary N) is 1. The summed E-state index contributed by atoms with van der Waals surface area (Å²) in [6.45, 7) is 4.61. The molecule has 33 heavy (non-hydrogen) atoms. The Morgan fingerprint density at radius 1 is 1.30 bits per heavy atom. The number of benzene rings is 2. The normalized spacial score (nSPS) is 20.6. The maximum absolute atomic E-state index is 14.5. The maximum Gasteiger partial charge on any atom is 0.232 e. The standard InChI is InChI=1S/C25H31FN4O3/c1-3-25(4-2)14-22(31)30(24(27)29-25)15-16-11-17(13-18(26)12-16)23(32)28-20-9-10-33-21-8-6-5-7-19(20)21/h5-8,11-13,20,23,28,32H,3-4,9-10,14-15H2,1-2H3,(H2,27,29)/t20-,23?/m0/s1. The van der Waals surface area contributed by atoms with Crippen LogP contribution in [0, 0.1) is 5.82 Å². The van der Waals surface area contributed by atoms with E-state index in [4.69, 9.17) is 10.5 Å². The summed E-state index contributed by atoms with van der Waals surface area (Å²) in [4.78, 5) is 18.8. The SMILES string of the molecule is CCC1(CC)CC(=O)N(Cc2cc(F)cc(C(O)N[C@H]3CCOc4ccccc43)c2)C(N)=N1. The number of guanidine groups is 1. The number of carbonyl (C=O) groups is 1. The first-order chi connectivity index (χ1) is 15.8. The largest absolute Gasteiger partial charge is 0.493 e. The van der Waals surface area contributed by atoms with Crippen LogP contribution in [0.15, 0.2) is 47.5 Å². The molecule has 0 saturated carbocycles. The molecule has 8 heteroatoms. The van der Waals surface area contributed by atoms with E-state index in [1.54, 1.807) is 6.07 Å². The number of ether oxygens (including phenoxy) is 1. The molecule has 2 heterocycles. The number of aliphatic imine (C=N–C) groups is 1. The van der Waals surface area contributed by atoms with Gasteiger partial charge in [-0.05, 0) is 48.2 Å². The van der Waals surface area contributed by atoms with Crippen LogP contribution in [0.3, 0.4) is 0 Å². The van der Waals surface area contributed by atoms with E-state index in [1.165, 1.54) is 17.0 Å². The van der Waals surface area contributed by atoms with Crippen LogP contribution in [-0.4, -0.2) is 34.0 Å². The first kappa shape index (κ1) is 23.2. The van der Waals surface area contributed by atoms with Crippen LogP contribution in [0.2, 0.25) is 0 Å². The van der Waals surface area contributed by atoms with E-state index in [2.05, 4.69) is 10.3 Å². The van der Waals surface area contributed by atoms with Crippen LogP contribution in [0.5, 0.6) is 5.75 Å². The zero-order valence-corrected chi connectivity index (χ0v) is 19.1. The molecule has 4 rings (SSSR count). The van der Waals surface area contributed by atoms with Gasteiger partial charge in [-0.1, -0.05) is 32.0 Å². The van der Waals surface area contributed by atoms with Crippen molar-refractivity contribution in [2.24, 2.45) is 10.7 Å². The topological polar surface area (TPSA) is 100 Å². The smallest absolute Gasteiger partial charge is 0.232 e. The summed E-state index contributed by atoms with van der Waals surface area (Å²) in [7, 11) is 0. The average molecular weight is 455 g/mol. The van der Waals surface area contributed by atoms with Crippen molar-refractivity contribution in [2.75, 3.05) is 6.61 Å². The highest BCUT2D eigenvalue weighted by Gasteiger charge is 2.37. The summed E-state index contributed by atoms with van der Waals surface area (Å²) in [5.74, 6) is 0.307. The van der Waals surface area contributed by atoms with Crippen LogP contribution < -0.4 is 15.8 Å². The fourth-order valence-corrected chi connectivity index (χ4v) is 4.58. The first-order valence-corrected chi connectivity index (χ1v) is 11.4. The Kier molecular flexibility index (Phi) is 6.67. The summed E-state index contributed by atoms with van der Waals surface area (Å²) in [6.07, 6.45) is 1.31. The lowest BCUT2D eigenvalue weighted by Crippen LogP contribution is -2.50. The Labute approximate surface area is 193 Å². The van der Waals surface area contributed by atoms with Gasteiger partial charge < -0.3 is 15.6 Å². The molecule has 0 fully saturated rings. The highest BCUT2D eigenvalue weighted by Crippen LogP contribution is 2.33. The minimum atomic E-state index is -1.09. The second-order valence-corrected chi connectivity index (χ2v) is 8.75. The molecule has 2 aromatic carbocycles. The Balaban J connectivity index is 1.52. The summed E-state index contributed by atoms with van der Waals surface area (Å²) in [6, 6.07) is 11.9. The lowest BCUT2D eigenvalue weighted by molar-refractivity contribution is -0.130. The van der Waals surface area contributed by atoms with Crippen LogP contribution in [0.25, 0.3) is 0 Å². The van der Waals surface area contributed by atoms with Crippen LogP contribution in [0.1, 0.15) is 68.5 Å². The van der Waals surface area contributed by atoms with Gasteiger partial charge in [0.25, 0.3) is 0 Å². The molecular formula is C25H31FN4O3. The van der Waals surface area contributed by atoms with Crippen molar-refractivity contribution in [3.63, 3.8) is 0 Å². The van der Waals surface area contributed by atoms with Crippen molar-refractivity contribution >= 4 is 11.9 Å². The van der Waals surface area contributed by atoms with E-state index >= 15 is 0 Å². The third-order valence-corrected chi connectivity index (χ3v) is 6.68. The predicted octanol–water partition coefficient (Wildman–Crippen LogP) is 3.54. The van der Waals surface area contributed by atoms with Gasteiger partial charge in [-0.25, -0.2) is 9.38 Å². The van der Waals surface area contributed by atoms with Crippen molar-refractivity contribution in [1.82, 2.24) is 10.2 Å². The molecule has 4 N–H and O–H groups in total. The number of fused-ring (bicyclic) bond motifs is 1. The molecule has 0 spiro atoms. The maximum atomic E-state index is 14.5. The van der Waals surface area contributed by atoms with Gasteiger partial charge in [-0.2, -0.15) is 0 Å². The van der Waals surface area contributed by atoms with E-state index in [0.29, 0.717) is 24.2 Å². The van der Waals surface area contributed by atoms with Gasteiger partial charge in [-0.3, -0.25) is 15.0 Å². The van der Waals surface area contributed by atoms with Gasteiger partial charge in [-0.15, -0.1) is 0 Å². The number of hydrogen-bond acceptors (Lipinski definition) is 6. The third-order valence-electron chi connectivity index (χ3n) is 6.68. The van der Waals surface area contributed by atoms with Gasteiger partial charge in [0.2, 0.25) is 5.91 Å². The zero-order chi connectivity index (χ0) is 23.6.